The molecule has 0 aromatic carbocycles. The predicted octanol–water partition coefficient (Wildman–Crippen LogP) is 4.93. The molecule has 0 aliphatic carbocycles. The van der Waals surface area contributed by atoms with Crippen molar-refractivity contribution in [2.45, 2.75) is 52.0 Å². The maximum Gasteiger partial charge on any atom is 0.254 e. The first-order chi connectivity index (χ1) is 13.3. The van der Waals surface area contributed by atoms with E-state index < -0.39 is 0 Å². The molecule has 4 heterocycles. The Morgan fingerprint density at radius 3 is 2.86 bits per heavy atom. The summed E-state index contributed by atoms with van der Waals surface area (Å²) in [5, 5.41) is 5.62. The van der Waals surface area contributed by atoms with Crippen molar-refractivity contribution in [2.75, 3.05) is 18.4 Å². The fourth-order valence-electron chi connectivity index (χ4n) is 3.90. The lowest BCUT2D eigenvalue weighted by atomic mass is 9.93. The number of hydrogen-bond donors (Lipinski definition) is 1. The fourth-order valence-corrected chi connectivity index (χ4v) is 4.58. The first kappa shape index (κ1) is 19.0. The van der Waals surface area contributed by atoms with Crippen LogP contribution in [0.15, 0.2) is 35.8 Å². The third-order valence-corrected chi connectivity index (χ3v) is 5.98. The van der Waals surface area contributed by atoms with Crippen LogP contribution in [0.2, 0.25) is 0 Å². The minimum atomic E-state index is -0.0705. The molecule has 6 heteroatoms. The van der Waals surface area contributed by atoms with Gasteiger partial charge in [-0.2, -0.15) is 0 Å². The van der Waals surface area contributed by atoms with Gasteiger partial charge < -0.3 is 10.2 Å². The number of amides is 1. The van der Waals surface area contributed by atoms with Crippen LogP contribution < -0.4 is 5.32 Å². The van der Waals surface area contributed by atoms with Crippen LogP contribution in [0.4, 0.5) is 5.82 Å². The molecule has 3 aromatic rings. The van der Waals surface area contributed by atoms with Crippen molar-refractivity contribution in [1.82, 2.24) is 14.3 Å². The Labute approximate surface area is 170 Å². The third-order valence-electron chi connectivity index (χ3n) is 5.12. The van der Waals surface area contributed by atoms with Crippen LogP contribution in [0.1, 0.15) is 60.5 Å². The lowest BCUT2D eigenvalue weighted by Gasteiger charge is -2.33. The van der Waals surface area contributed by atoms with Crippen molar-refractivity contribution >= 4 is 28.7 Å². The van der Waals surface area contributed by atoms with Gasteiger partial charge in [0.2, 0.25) is 0 Å². The quantitative estimate of drug-likeness (QED) is 0.683. The molecule has 5 nitrogen and oxygen atoms in total. The van der Waals surface area contributed by atoms with E-state index in [1.807, 2.05) is 41.5 Å². The molecule has 1 aliphatic heterocycles. The normalized spacial score (nSPS) is 17.9. The van der Waals surface area contributed by atoms with Gasteiger partial charge >= 0.3 is 0 Å². The molecule has 1 N–H and O–H groups in total. The van der Waals surface area contributed by atoms with Gasteiger partial charge in [0.25, 0.3) is 5.91 Å². The van der Waals surface area contributed by atoms with Gasteiger partial charge in [-0.25, -0.2) is 4.98 Å². The van der Waals surface area contributed by atoms with E-state index in [9.17, 15) is 4.79 Å². The zero-order valence-electron chi connectivity index (χ0n) is 17.0. The van der Waals surface area contributed by atoms with Gasteiger partial charge in [0, 0.05) is 41.0 Å². The van der Waals surface area contributed by atoms with Crippen LogP contribution in [0.5, 0.6) is 0 Å². The van der Waals surface area contributed by atoms with Crippen LogP contribution in [0.25, 0.3) is 5.65 Å². The number of hydrogen-bond acceptors (Lipinski definition) is 4. The average Bonchev–Trinajstić information content (AvgIpc) is 3.24. The number of aryl methyl sites for hydroxylation is 1. The number of imidazole rings is 1. The SMILES string of the molecule is Cc1cc(C(=O)N2CCC[C@@H](c3nc4ccccn4c3NC(C)(C)C)C2)cs1. The summed E-state index contributed by atoms with van der Waals surface area (Å²) in [6, 6.07) is 8.08. The maximum absolute atomic E-state index is 13.0. The Morgan fingerprint density at radius 2 is 2.14 bits per heavy atom. The van der Waals surface area contributed by atoms with E-state index in [0.29, 0.717) is 0 Å². The summed E-state index contributed by atoms with van der Waals surface area (Å²) in [5.74, 6) is 1.43. The highest BCUT2D eigenvalue weighted by Crippen LogP contribution is 2.34. The Morgan fingerprint density at radius 1 is 1.32 bits per heavy atom. The molecule has 4 rings (SSSR count). The van der Waals surface area contributed by atoms with E-state index >= 15 is 0 Å². The van der Waals surface area contributed by atoms with Crippen LogP contribution >= 0.6 is 11.3 Å². The number of carbonyl (C=O) groups is 1. The highest BCUT2D eigenvalue weighted by molar-refractivity contribution is 7.10. The van der Waals surface area contributed by atoms with Gasteiger partial charge in [-0.3, -0.25) is 9.20 Å². The van der Waals surface area contributed by atoms with Gasteiger partial charge in [-0.05, 0) is 58.7 Å². The minimum absolute atomic E-state index is 0.0705. The summed E-state index contributed by atoms with van der Waals surface area (Å²) >= 11 is 1.63. The Kier molecular flexibility index (Phi) is 4.91. The molecule has 1 aliphatic rings. The van der Waals surface area contributed by atoms with Crippen LogP contribution in [-0.2, 0) is 0 Å². The molecule has 1 amide bonds. The number of rotatable bonds is 3. The lowest BCUT2D eigenvalue weighted by molar-refractivity contribution is 0.0706. The number of carbonyl (C=O) groups excluding carboxylic acids is 1. The summed E-state index contributed by atoms with van der Waals surface area (Å²) in [5.41, 5.74) is 2.76. The second kappa shape index (κ2) is 7.24. The standard InChI is InChI=1S/C22H28N4OS/c1-15-12-17(14-28-15)21(27)25-10-7-8-16(13-25)19-20(24-22(2,3)4)26-11-6-5-9-18(26)23-19/h5-6,9,11-12,14,16,24H,7-8,10,13H2,1-4H3/t16-/m1/s1. The summed E-state index contributed by atoms with van der Waals surface area (Å²) in [7, 11) is 0. The molecule has 0 radical (unpaired) electrons. The molecule has 1 fully saturated rings. The molecule has 0 saturated carbocycles. The number of nitrogens with zero attached hydrogens (tertiary/aromatic N) is 3. The van der Waals surface area contributed by atoms with E-state index in [-0.39, 0.29) is 17.4 Å². The summed E-state index contributed by atoms with van der Waals surface area (Å²) in [6.07, 6.45) is 4.11. The molecular weight excluding hydrogens is 368 g/mol. The van der Waals surface area contributed by atoms with Gasteiger partial charge in [-0.1, -0.05) is 6.07 Å². The third kappa shape index (κ3) is 3.78. The second-order valence-corrected chi connectivity index (χ2v) is 9.80. The molecular formula is C22H28N4OS. The van der Waals surface area contributed by atoms with E-state index in [1.54, 1.807) is 11.3 Å². The van der Waals surface area contributed by atoms with Crippen molar-refractivity contribution in [1.29, 1.82) is 0 Å². The zero-order valence-corrected chi connectivity index (χ0v) is 17.8. The predicted molar refractivity (Wildman–Crippen MR) is 116 cm³/mol. The number of pyridine rings is 1. The van der Waals surface area contributed by atoms with Crippen molar-refractivity contribution in [2.24, 2.45) is 0 Å². The Hall–Kier alpha value is -2.34. The summed E-state index contributed by atoms with van der Waals surface area (Å²) in [6.45, 7) is 10.1. The van der Waals surface area contributed by atoms with Gasteiger partial charge in [0.1, 0.15) is 11.5 Å². The van der Waals surface area contributed by atoms with E-state index in [2.05, 4.69) is 36.7 Å². The molecule has 3 aromatic heterocycles. The maximum atomic E-state index is 13.0. The number of piperidine rings is 1. The van der Waals surface area contributed by atoms with Gasteiger partial charge in [-0.15, -0.1) is 11.3 Å². The lowest BCUT2D eigenvalue weighted by Crippen LogP contribution is -2.39. The minimum Gasteiger partial charge on any atom is -0.365 e. The summed E-state index contributed by atoms with van der Waals surface area (Å²) < 4.78 is 2.13. The van der Waals surface area contributed by atoms with Gasteiger partial charge in [0.05, 0.1) is 11.3 Å². The average molecular weight is 397 g/mol. The van der Waals surface area contributed by atoms with Crippen molar-refractivity contribution in [3.8, 4) is 0 Å². The number of fused-ring (bicyclic) bond motifs is 1. The summed E-state index contributed by atoms with van der Waals surface area (Å²) in [4.78, 5) is 21.1. The molecule has 0 spiro atoms. The molecule has 1 atom stereocenters. The largest absolute Gasteiger partial charge is 0.365 e. The van der Waals surface area contributed by atoms with Crippen LogP contribution in [0.3, 0.4) is 0 Å². The molecule has 1 saturated heterocycles. The number of anilines is 1. The molecule has 0 bridgehead atoms. The van der Waals surface area contributed by atoms with Crippen molar-refractivity contribution in [3.05, 3.63) is 52.0 Å². The van der Waals surface area contributed by atoms with E-state index in [1.165, 1.54) is 4.88 Å². The smallest absolute Gasteiger partial charge is 0.254 e. The zero-order chi connectivity index (χ0) is 19.9. The van der Waals surface area contributed by atoms with Crippen molar-refractivity contribution < 1.29 is 4.79 Å². The monoisotopic (exact) mass is 396 g/mol. The molecule has 148 valence electrons. The van der Waals surface area contributed by atoms with Crippen LogP contribution in [-0.4, -0.2) is 38.8 Å². The van der Waals surface area contributed by atoms with Crippen LogP contribution in [0, 0.1) is 6.92 Å². The number of aromatic nitrogens is 2. The number of thiophene rings is 1. The van der Waals surface area contributed by atoms with Crippen molar-refractivity contribution in [3.63, 3.8) is 0 Å². The number of nitrogens with one attached hydrogen (secondary N) is 1. The number of likely N-dealkylation sites (tertiary alicyclic amines) is 1. The topological polar surface area (TPSA) is 49.6 Å². The molecule has 0 unspecified atom stereocenters. The van der Waals surface area contributed by atoms with E-state index in [4.69, 9.17) is 4.98 Å². The first-order valence-electron chi connectivity index (χ1n) is 9.91. The molecule has 28 heavy (non-hydrogen) atoms. The highest BCUT2D eigenvalue weighted by Gasteiger charge is 2.30. The Balaban J connectivity index is 1.65. The fraction of sp³-hybridized carbons (Fsp3) is 0.455. The highest BCUT2D eigenvalue weighted by atomic mass is 32.1. The van der Waals surface area contributed by atoms with Gasteiger partial charge in [0.15, 0.2) is 0 Å². The first-order valence-corrected chi connectivity index (χ1v) is 10.8. The Bertz CT molecular complexity index is 998. The second-order valence-electron chi connectivity index (χ2n) is 8.69. The van der Waals surface area contributed by atoms with E-state index in [0.717, 1.165) is 48.7 Å².